The van der Waals surface area contributed by atoms with Gasteiger partial charge in [0.05, 0.1) is 11.1 Å². The predicted octanol–water partition coefficient (Wildman–Crippen LogP) is 2.55. The second-order valence-corrected chi connectivity index (χ2v) is 4.74. The number of benzene rings is 1. The van der Waals surface area contributed by atoms with Gasteiger partial charge in [-0.2, -0.15) is 10.1 Å². The molecule has 86 valence electrons. The van der Waals surface area contributed by atoms with E-state index in [9.17, 15) is 4.79 Å². The molecule has 0 radical (unpaired) electrons. The molecule has 0 N–H and O–H groups in total. The Morgan fingerprint density at radius 1 is 1.53 bits per heavy atom. The van der Waals surface area contributed by atoms with Crippen LogP contribution in [0, 0.1) is 0 Å². The average molecular weight is 248 g/mol. The van der Waals surface area contributed by atoms with E-state index in [1.165, 1.54) is 0 Å². The number of isocyanates is 1. The Hall–Kier alpha value is -1.64. The van der Waals surface area contributed by atoms with E-state index >= 15 is 0 Å². The van der Waals surface area contributed by atoms with Gasteiger partial charge in [0.2, 0.25) is 6.08 Å². The fraction of sp³-hybridized carbons (Fsp3) is 0.333. The molecule has 0 bridgehead atoms. The first-order valence-corrected chi connectivity index (χ1v) is 5.76. The summed E-state index contributed by atoms with van der Waals surface area (Å²) in [6.07, 6.45) is 3.47. The van der Waals surface area contributed by atoms with Crippen molar-refractivity contribution in [1.82, 2.24) is 9.78 Å². The molecule has 0 amide bonds. The topological polar surface area (TPSA) is 47.2 Å². The fourth-order valence-electron chi connectivity index (χ4n) is 2.17. The molecule has 0 atom stereocenters. The van der Waals surface area contributed by atoms with Crippen molar-refractivity contribution in [2.75, 3.05) is 0 Å². The van der Waals surface area contributed by atoms with E-state index in [4.69, 9.17) is 11.6 Å². The molecule has 2 aromatic rings. The SMILES string of the molecule is Cn1nc(Cl)c2ccc(C3(N=C=O)CC3)cc21. The highest BCUT2D eigenvalue weighted by Crippen LogP contribution is 2.49. The molecule has 0 aliphatic heterocycles. The number of nitrogens with zero attached hydrogens (tertiary/aromatic N) is 3. The van der Waals surface area contributed by atoms with Crippen LogP contribution in [-0.4, -0.2) is 15.9 Å². The Kier molecular flexibility index (Phi) is 2.12. The normalized spacial score (nSPS) is 16.8. The van der Waals surface area contributed by atoms with Gasteiger partial charge in [-0.3, -0.25) is 4.68 Å². The second kappa shape index (κ2) is 3.42. The average Bonchev–Trinajstić information content (AvgIpc) is 3.04. The number of halogens is 1. The molecular formula is C12H10ClN3O. The molecule has 1 aromatic heterocycles. The number of hydrogen-bond acceptors (Lipinski definition) is 3. The first kappa shape index (κ1) is 10.5. The van der Waals surface area contributed by atoms with E-state index in [-0.39, 0.29) is 5.54 Å². The van der Waals surface area contributed by atoms with Gasteiger partial charge in [-0.05, 0) is 30.5 Å². The highest BCUT2D eigenvalue weighted by atomic mass is 35.5. The van der Waals surface area contributed by atoms with Crippen molar-refractivity contribution < 1.29 is 4.79 Å². The maximum Gasteiger partial charge on any atom is 0.235 e. The van der Waals surface area contributed by atoms with Crippen molar-refractivity contribution >= 4 is 28.6 Å². The lowest BCUT2D eigenvalue weighted by Gasteiger charge is -2.08. The summed E-state index contributed by atoms with van der Waals surface area (Å²) < 4.78 is 1.74. The Balaban J connectivity index is 2.20. The van der Waals surface area contributed by atoms with E-state index in [1.54, 1.807) is 10.8 Å². The molecule has 3 rings (SSSR count). The van der Waals surface area contributed by atoms with Gasteiger partial charge in [-0.15, -0.1) is 0 Å². The van der Waals surface area contributed by atoms with E-state index in [1.807, 2.05) is 25.2 Å². The van der Waals surface area contributed by atoms with Crippen LogP contribution in [0.1, 0.15) is 18.4 Å². The Morgan fingerprint density at radius 3 is 2.94 bits per heavy atom. The standard InChI is InChI=1S/C12H10ClN3O/c1-16-10-6-8(12(4-5-12)14-7-17)2-3-9(10)11(13)15-16/h2-3,6H,4-5H2,1H3. The third-order valence-corrected chi connectivity index (χ3v) is 3.61. The molecule has 1 aliphatic rings. The summed E-state index contributed by atoms with van der Waals surface area (Å²) in [6, 6.07) is 5.90. The molecule has 0 saturated heterocycles. The summed E-state index contributed by atoms with van der Waals surface area (Å²) in [6.45, 7) is 0. The molecule has 4 nitrogen and oxygen atoms in total. The first-order valence-electron chi connectivity index (χ1n) is 5.38. The minimum atomic E-state index is -0.341. The summed E-state index contributed by atoms with van der Waals surface area (Å²) in [5, 5.41) is 5.57. The van der Waals surface area contributed by atoms with Crippen LogP contribution < -0.4 is 0 Å². The summed E-state index contributed by atoms with van der Waals surface area (Å²) in [7, 11) is 1.85. The highest BCUT2D eigenvalue weighted by molar-refractivity contribution is 6.34. The van der Waals surface area contributed by atoms with Crippen molar-refractivity contribution in [2.24, 2.45) is 12.0 Å². The minimum absolute atomic E-state index is 0.341. The summed E-state index contributed by atoms with van der Waals surface area (Å²) in [5.41, 5.74) is 1.65. The lowest BCUT2D eigenvalue weighted by Crippen LogP contribution is -2.02. The number of hydrogen-bond donors (Lipinski definition) is 0. The second-order valence-electron chi connectivity index (χ2n) is 4.38. The number of aromatic nitrogens is 2. The van der Waals surface area contributed by atoms with Crippen LogP contribution in [0.2, 0.25) is 5.15 Å². The molecule has 1 aliphatic carbocycles. The maximum atomic E-state index is 10.4. The molecular weight excluding hydrogens is 238 g/mol. The molecule has 0 spiro atoms. The van der Waals surface area contributed by atoms with Gasteiger partial charge in [-0.25, -0.2) is 4.79 Å². The van der Waals surface area contributed by atoms with Crippen LogP contribution in [-0.2, 0) is 17.4 Å². The van der Waals surface area contributed by atoms with Crippen LogP contribution in [0.5, 0.6) is 0 Å². The number of fused-ring (bicyclic) bond motifs is 1. The smallest absolute Gasteiger partial charge is 0.235 e. The number of carbonyl (C=O) groups excluding carboxylic acids is 1. The van der Waals surface area contributed by atoms with Crippen LogP contribution in [0.15, 0.2) is 23.2 Å². The Bertz CT molecular complexity index is 651. The number of rotatable bonds is 2. The molecule has 1 saturated carbocycles. The molecule has 5 heteroatoms. The molecule has 1 fully saturated rings. The summed E-state index contributed by atoms with van der Waals surface area (Å²) in [4.78, 5) is 14.4. The molecule has 0 unspecified atom stereocenters. The minimum Gasteiger partial charge on any atom is -0.266 e. The van der Waals surface area contributed by atoms with Crippen molar-refractivity contribution in [3.63, 3.8) is 0 Å². The third kappa shape index (κ3) is 1.49. The zero-order valence-corrected chi connectivity index (χ0v) is 10.0. The van der Waals surface area contributed by atoms with Crippen molar-refractivity contribution in [3.05, 3.63) is 28.9 Å². The van der Waals surface area contributed by atoms with E-state index in [2.05, 4.69) is 10.1 Å². The first-order chi connectivity index (χ1) is 8.16. The zero-order valence-electron chi connectivity index (χ0n) is 9.27. The maximum absolute atomic E-state index is 10.4. The third-order valence-electron chi connectivity index (χ3n) is 3.33. The van der Waals surface area contributed by atoms with Crippen molar-refractivity contribution in [3.8, 4) is 0 Å². The number of aryl methyl sites for hydroxylation is 1. The van der Waals surface area contributed by atoms with Crippen LogP contribution in [0.4, 0.5) is 0 Å². The molecule has 1 heterocycles. The predicted molar refractivity (Wildman–Crippen MR) is 64.8 cm³/mol. The molecule has 1 aromatic carbocycles. The van der Waals surface area contributed by atoms with Gasteiger partial charge in [0.15, 0.2) is 5.15 Å². The quantitative estimate of drug-likeness (QED) is 0.605. The van der Waals surface area contributed by atoms with Gasteiger partial charge < -0.3 is 0 Å². The largest absolute Gasteiger partial charge is 0.266 e. The van der Waals surface area contributed by atoms with Crippen LogP contribution in [0.25, 0.3) is 10.9 Å². The van der Waals surface area contributed by atoms with Crippen molar-refractivity contribution in [2.45, 2.75) is 18.4 Å². The van der Waals surface area contributed by atoms with Crippen molar-refractivity contribution in [1.29, 1.82) is 0 Å². The molecule has 17 heavy (non-hydrogen) atoms. The lowest BCUT2D eigenvalue weighted by atomic mass is 10.0. The van der Waals surface area contributed by atoms with Gasteiger partial charge in [0, 0.05) is 12.4 Å². The lowest BCUT2D eigenvalue weighted by molar-refractivity contribution is 0.556. The van der Waals surface area contributed by atoms with Gasteiger partial charge in [-0.1, -0.05) is 17.7 Å². The van der Waals surface area contributed by atoms with Gasteiger partial charge >= 0.3 is 0 Å². The Morgan fingerprint density at radius 2 is 2.29 bits per heavy atom. The fourth-order valence-corrected chi connectivity index (χ4v) is 2.45. The van der Waals surface area contributed by atoms with E-state index in [0.29, 0.717) is 5.15 Å². The monoisotopic (exact) mass is 247 g/mol. The van der Waals surface area contributed by atoms with Gasteiger partial charge in [0.1, 0.15) is 0 Å². The van der Waals surface area contributed by atoms with E-state index < -0.39 is 0 Å². The summed E-state index contributed by atoms with van der Waals surface area (Å²) >= 11 is 6.00. The van der Waals surface area contributed by atoms with Gasteiger partial charge in [0.25, 0.3) is 0 Å². The van der Waals surface area contributed by atoms with E-state index in [0.717, 1.165) is 29.3 Å². The highest BCUT2D eigenvalue weighted by Gasteiger charge is 2.45. The van der Waals surface area contributed by atoms with Crippen LogP contribution in [0.3, 0.4) is 0 Å². The summed E-state index contributed by atoms with van der Waals surface area (Å²) in [5.74, 6) is 0. The Labute approximate surface area is 103 Å². The number of aliphatic imine (C=N–C) groups is 1. The van der Waals surface area contributed by atoms with Crippen LogP contribution >= 0.6 is 11.6 Å². The zero-order chi connectivity index (χ0) is 12.0.